The minimum absolute atomic E-state index is 0.0759. The molecule has 2 nitrogen and oxygen atoms in total. The summed E-state index contributed by atoms with van der Waals surface area (Å²) in [5.41, 5.74) is 1.91. The largest absolute Gasteiger partial charge is 0.481 e. The molecule has 0 unspecified atom stereocenters. The Morgan fingerprint density at radius 3 is 2.71 bits per heavy atom. The average Bonchev–Trinajstić information content (AvgIpc) is 2.09. The third-order valence-corrected chi connectivity index (χ3v) is 2.26. The smallest absolute Gasteiger partial charge is 0.307 e. The topological polar surface area (TPSA) is 37.3 Å². The monoisotopic (exact) mass is 212 g/mol. The van der Waals surface area contributed by atoms with E-state index in [4.69, 9.17) is 16.7 Å². The SMILES string of the molecule is CCCc1cc(Cl)ccc1CC(=O)O. The third kappa shape index (κ3) is 3.04. The standard InChI is InChI=1S/C11H13ClO2/c1-2-3-8-6-10(12)5-4-9(8)7-11(13)14/h4-6H,2-3,7H2,1H3,(H,13,14). The van der Waals surface area contributed by atoms with E-state index in [-0.39, 0.29) is 6.42 Å². The van der Waals surface area contributed by atoms with Gasteiger partial charge in [0.05, 0.1) is 6.42 Å². The van der Waals surface area contributed by atoms with E-state index in [9.17, 15) is 4.79 Å². The summed E-state index contributed by atoms with van der Waals surface area (Å²) in [6.45, 7) is 2.06. The van der Waals surface area contributed by atoms with Gasteiger partial charge in [-0.05, 0) is 29.7 Å². The van der Waals surface area contributed by atoms with Gasteiger partial charge in [-0.2, -0.15) is 0 Å². The molecule has 0 aromatic heterocycles. The maximum atomic E-state index is 10.6. The first kappa shape index (κ1) is 11.1. The van der Waals surface area contributed by atoms with Gasteiger partial charge in [0.1, 0.15) is 0 Å². The Morgan fingerprint density at radius 1 is 1.43 bits per heavy atom. The van der Waals surface area contributed by atoms with Crippen LogP contribution in [0.1, 0.15) is 24.5 Å². The fourth-order valence-electron chi connectivity index (χ4n) is 1.43. The normalized spacial score (nSPS) is 10.1. The van der Waals surface area contributed by atoms with E-state index in [0.29, 0.717) is 5.02 Å². The van der Waals surface area contributed by atoms with Crippen molar-refractivity contribution in [3.8, 4) is 0 Å². The predicted octanol–water partition coefficient (Wildman–Crippen LogP) is 2.92. The minimum atomic E-state index is -0.801. The molecule has 76 valence electrons. The first-order chi connectivity index (χ1) is 6.63. The summed E-state index contributed by atoms with van der Waals surface area (Å²) in [7, 11) is 0. The first-order valence-corrected chi connectivity index (χ1v) is 5.00. The van der Waals surface area contributed by atoms with E-state index in [1.54, 1.807) is 12.1 Å². The van der Waals surface area contributed by atoms with Crippen molar-refractivity contribution in [3.63, 3.8) is 0 Å². The lowest BCUT2D eigenvalue weighted by atomic mass is 10.0. The molecule has 0 aliphatic heterocycles. The summed E-state index contributed by atoms with van der Waals surface area (Å²) >= 11 is 5.84. The van der Waals surface area contributed by atoms with Gasteiger partial charge in [0.15, 0.2) is 0 Å². The van der Waals surface area contributed by atoms with Crippen LogP contribution >= 0.6 is 11.6 Å². The molecule has 1 N–H and O–H groups in total. The number of aryl methyl sites for hydroxylation is 1. The molecule has 0 atom stereocenters. The van der Waals surface area contributed by atoms with Gasteiger partial charge in [-0.3, -0.25) is 4.79 Å². The Kier molecular flexibility index (Phi) is 3.96. The van der Waals surface area contributed by atoms with Crippen LogP contribution < -0.4 is 0 Å². The summed E-state index contributed by atoms with van der Waals surface area (Å²) in [5, 5.41) is 9.36. The second-order valence-corrected chi connectivity index (χ2v) is 3.67. The van der Waals surface area contributed by atoms with Crippen molar-refractivity contribution in [2.75, 3.05) is 0 Å². The molecule has 14 heavy (non-hydrogen) atoms. The zero-order valence-electron chi connectivity index (χ0n) is 8.09. The van der Waals surface area contributed by atoms with Crippen LogP contribution in [0.3, 0.4) is 0 Å². The van der Waals surface area contributed by atoms with Crippen molar-refractivity contribution in [1.29, 1.82) is 0 Å². The minimum Gasteiger partial charge on any atom is -0.481 e. The molecule has 0 radical (unpaired) electrons. The van der Waals surface area contributed by atoms with Crippen molar-refractivity contribution < 1.29 is 9.90 Å². The molecule has 0 spiro atoms. The molecule has 1 aromatic carbocycles. The molecule has 0 heterocycles. The van der Waals surface area contributed by atoms with Crippen LogP contribution in [0.5, 0.6) is 0 Å². The number of rotatable bonds is 4. The average molecular weight is 213 g/mol. The van der Waals surface area contributed by atoms with E-state index in [2.05, 4.69) is 6.92 Å². The maximum absolute atomic E-state index is 10.6. The molecule has 0 bridgehead atoms. The van der Waals surface area contributed by atoms with Gasteiger partial charge in [-0.1, -0.05) is 31.0 Å². The number of hydrogen-bond donors (Lipinski definition) is 1. The highest BCUT2D eigenvalue weighted by Gasteiger charge is 2.06. The number of carboxylic acid groups (broad SMARTS) is 1. The van der Waals surface area contributed by atoms with Crippen LogP contribution in [0.2, 0.25) is 5.02 Å². The molecule has 0 saturated heterocycles. The molecular formula is C11H13ClO2. The number of carboxylic acids is 1. The predicted molar refractivity (Wildman–Crippen MR) is 56.8 cm³/mol. The number of halogens is 1. The van der Waals surface area contributed by atoms with Gasteiger partial charge in [0.25, 0.3) is 0 Å². The second kappa shape index (κ2) is 5.01. The quantitative estimate of drug-likeness (QED) is 0.833. The van der Waals surface area contributed by atoms with Gasteiger partial charge in [-0.15, -0.1) is 0 Å². The molecular weight excluding hydrogens is 200 g/mol. The van der Waals surface area contributed by atoms with Crippen LogP contribution in [-0.2, 0) is 17.6 Å². The Morgan fingerprint density at radius 2 is 2.14 bits per heavy atom. The molecule has 1 aromatic rings. The van der Waals surface area contributed by atoms with E-state index in [1.807, 2.05) is 6.07 Å². The van der Waals surface area contributed by atoms with Crippen molar-refractivity contribution in [3.05, 3.63) is 34.3 Å². The van der Waals surface area contributed by atoms with Gasteiger partial charge >= 0.3 is 5.97 Å². The van der Waals surface area contributed by atoms with Gasteiger partial charge < -0.3 is 5.11 Å². The highest BCUT2D eigenvalue weighted by Crippen LogP contribution is 2.18. The number of carbonyl (C=O) groups is 1. The van der Waals surface area contributed by atoms with E-state index < -0.39 is 5.97 Å². The van der Waals surface area contributed by atoms with Gasteiger partial charge in [0.2, 0.25) is 0 Å². The van der Waals surface area contributed by atoms with Crippen molar-refractivity contribution in [2.45, 2.75) is 26.2 Å². The zero-order valence-corrected chi connectivity index (χ0v) is 8.84. The van der Waals surface area contributed by atoms with Gasteiger partial charge in [0, 0.05) is 5.02 Å². The fraction of sp³-hybridized carbons (Fsp3) is 0.364. The molecule has 0 fully saturated rings. The number of aliphatic carboxylic acids is 1. The van der Waals surface area contributed by atoms with Crippen LogP contribution in [0.15, 0.2) is 18.2 Å². The Labute approximate surface area is 88.5 Å². The van der Waals surface area contributed by atoms with Crippen LogP contribution in [0.4, 0.5) is 0 Å². The lowest BCUT2D eigenvalue weighted by molar-refractivity contribution is -0.136. The fourth-order valence-corrected chi connectivity index (χ4v) is 1.63. The van der Waals surface area contributed by atoms with Crippen LogP contribution in [-0.4, -0.2) is 11.1 Å². The van der Waals surface area contributed by atoms with E-state index >= 15 is 0 Å². The van der Waals surface area contributed by atoms with Crippen LogP contribution in [0.25, 0.3) is 0 Å². The summed E-state index contributed by atoms with van der Waals surface area (Å²) in [5.74, 6) is -0.801. The van der Waals surface area contributed by atoms with Gasteiger partial charge in [-0.25, -0.2) is 0 Å². The Bertz CT molecular complexity index is 334. The highest BCUT2D eigenvalue weighted by molar-refractivity contribution is 6.30. The third-order valence-electron chi connectivity index (χ3n) is 2.03. The van der Waals surface area contributed by atoms with E-state index in [1.165, 1.54) is 0 Å². The molecule has 0 saturated carbocycles. The molecule has 3 heteroatoms. The summed E-state index contributed by atoms with van der Waals surface area (Å²) in [4.78, 5) is 10.6. The Balaban J connectivity index is 2.95. The molecule has 0 amide bonds. The van der Waals surface area contributed by atoms with Crippen LogP contribution in [0, 0.1) is 0 Å². The number of hydrogen-bond acceptors (Lipinski definition) is 1. The summed E-state index contributed by atoms with van der Waals surface area (Å²) < 4.78 is 0. The Hall–Kier alpha value is -1.02. The van der Waals surface area contributed by atoms with E-state index in [0.717, 1.165) is 24.0 Å². The maximum Gasteiger partial charge on any atom is 0.307 e. The van der Waals surface area contributed by atoms with Crippen molar-refractivity contribution >= 4 is 17.6 Å². The summed E-state index contributed by atoms with van der Waals surface area (Å²) in [6.07, 6.45) is 1.95. The first-order valence-electron chi connectivity index (χ1n) is 4.62. The lowest BCUT2D eigenvalue weighted by Crippen LogP contribution is -2.03. The summed E-state index contributed by atoms with van der Waals surface area (Å²) in [6, 6.07) is 5.38. The van der Waals surface area contributed by atoms with Crippen molar-refractivity contribution in [1.82, 2.24) is 0 Å². The van der Waals surface area contributed by atoms with Crippen molar-refractivity contribution in [2.24, 2.45) is 0 Å². The molecule has 0 aliphatic rings. The molecule has 1 rings (SSSR count). The lowest BCUT2D eigenvalue weighted by Gasteiger charge is -2.06. The zero-order chi connectivity index (χ0) is 10.6. The number of benzene rings is 1. The highest BCUT2D eigenvalue weighted by atomic mass is 35.5. The second-order valence-electron chi connectivity index (χ2n) is 3.23. The molecule has 0 aliphatic carbocycles.